The van der Waals surface area contributed by atoms with Gasteiger partial charge < -0.3 is 4.74 Å². The zero-order valence-electron chi connectivity index (χ0n) is 17.5. The molecular weight excluding hydrogens is 500 g/mol. The van der Waals surface area contributed by atoms with Gasteiger partial charge in [0.2, 0.25) is 10.0 Å². The topological polar surface area (TPSA) is 180 Å². The van der Waals surface area contributed by atoms with Crippen LogP contribution < -0.4 is 9.88 Å². The molecule has 1 aromatic heterocycles. The van der Waals surface area contributed by atoms with Gasteiger partial charge in [0.15, 0.2) is 0 Å². The summed E-state index contributed by atoms with van der Waals surface area (Å²) in [6.07, 6.45) is -0.773. The van der Waals surface area contributed by atoms with Crippen molar-refractivity contribution < 1.29 is 41.6 Å². The van der Waals surface area contributed by atoms with Crippen LogP contribution in [0.1, 0.15) is 24.1 Å². The number of primary sulfonamides is 1. The predicted molar refractivity (Wildman–Crippen MR) is 113 cm³/mol. The minimum atomic E-state index is -4.15. The number of nitrogens with zero attached hydrogens (tertiary/aromatic N) is 3. The number of ether oxygens (including phenoxy) is 1. The summed E-state index contributed by atoms with van der Waals surface area (Å²) in [5, 5.41) is 21.9. The van der Waals surface area contributed by atoms with Crippen molar-refractivity contribution in [2.45, 2.75) is 28.0 Å². The molecule has 0 unspecified atom stereocenters. The molecule has 2 aromatic rings. The number of hydrogen-bond acceptors (Lipinski definition) is 11. The van der Waals surface area contributed by atoms with Gasteiger partial charge in [0.25, 0.3) is 10.0 Å². The van der Waals surface area contributed by atoms with Gasteiger partial charge in [-0.2, -0.15) is 4.31 Å². The third-order valence-corrected chi connectivity index (χ3v) is 9.76. The predicted octanol–water partition coefficient (Wildman–Crippen LogP) is 1.10. The van der Waals surface area contributed by atoms with Crippen molar-refractivity contribution in [2.75, 3.05) is 20.1 Å². The van der Waals surface area contributed by atoms with Gasteiger partial charge in [0.05, 0.1) is 18.0 Å². The minimum Gasteiger partial charge on any atom is -0.410 e. The van der Waals surface area contributed by atoms with Crippen LogP contribution >= 0.6 is 11.3 Å². The summed E-state index contributed by atoms with van der Waals surface area (Å²) in [5.41, 5.74) is 0.721. The minimum absolute atomic E-state index is 0.103. The van der Waals surface area contributed by atoms with E-state index >= 15 is 0 Å². The molecule has 0 bridgehead atoms. The molecule has 0 saturated heterocycles. The van der Waals surface area contributed by atoms with Crippen LogP contribution in [0.3, 0.4) is 0 Å². The van der Waals surface area contributed by atoms with Gasteiger partial charge in [0, 0.05) is 25.7 Å². The molecule has 2 heterocycles. The molecule has 0 saturated carbocycles. The monoisotopic (exact) mass is 522 g/mol. The molecule has 1 aliphatic rings. The zero-order valence-corrected chi connectivity index (χ0v) is 19.9. The third kappa shape index (κ3) is 5.51. The molecule has 13 nitrogen and oxygen atoms in total. The summed E-state index contributed by atoms with van der Waals surface area (Å²) in [7, 11) is -6.75. The van der Waals surface area contributed by atoms with Gasteiger partial charge in [-0.1, -0.05) is 12.1 Å². The van der Waals surface area contributed by atoms with E-state index in [1.165, 1.54) is 30.1 Å². The first-order valence-corrected chi connectivity index (χ1v) is 13.2. The highest BCUT2D eigenvalue weighted by Crippen LogP contribution is 2.41. The maximum absolute atomic E-state index is 12.9. The number of nitrogens with two attached hydrogens (primary N) is 1. The second-order valence-corrected chi connectivity index (χ2v) is 12.1. The highest BCUT2D eigenvalue weighted by molar-refractivity contribution is 7.94. The maximum atomic E-state index is 12.9. The molecule has 1 amide bonds. The van der Waals surface area contributed by atoms with Crippen LogP contribution in [0.15, 0.2) is 38.8 Å². The van der Waals surface area contributed by atoms with Crippen molar-refractivity contribution in [1.29, 1.82) is 0 Å². The van der Waals surface area contributed by atoms with E-state index in [4.69, 9.17) is 20.3 Å². The molecule has 182 valence electrons. The SMILES string of the molecule is CCN(C(=O)Oc1ccc(CON(O)O)cc1)[C@H]1CN(C)S(=O)(=O)c2sc(S(N)(=O)=O)cc21. The summed E-state index contributed by atoms with van der Waals surface area (Å²) in [6.45, 7) is 1.58. The van der Waals surface area contributed by atoms with Crippen LogP contribution in [-0.4, -0.2) is 68.1 Å². The average molecular weight is 523 g/mol. The van der Waals surface area contributed by atoms with E-state index in [-0.39, 0.29) is 39.4 Å². The van der Waals surface area contributed by atoms with Crippen molar-refractivity contribution in [2.24, 2.45) is 5.14 Å². The van der Waals surface area contributed by atoms with Crippen molar-refractivity contribution in [3.8, 4) is 5.75 Å². The number of carbonyl (C=O) groups is 1. The Morgan fingerprint density at radius 1 is 1.30 bits per heavy atom. The van der Waals surface area contributed by atoms with E-state index in [1.54, 1.807) is 19.1 Å². The summed E-state index contributed by atoms with van der Waals surface area (Å²) in [4.78, 5) is 18.7. The average Bonchev–Trinajstić information content (AvgIpc) is 3.19. The van der Waals surface area contributed by atoms with Crippen LogP contribution in [-0.2, 0) is 31.5 Å². The van der Waals surface area contributed by atoms with Crippen LogP contribution in [0.2, 0.25) is 0 Å². The fourth-order valence-corrected chi connectivity index (χ4v) is 7.24. The highest BCUT2D eigenvalue weighted by atomic mass is 32.3. The van der Waals surface area contributed by atoms with Crippen LogP contribution in [0.4, 0.5) is 4.79 Å². The first-order valence-electron chi connectivity index (χ1n) is 9.35. The third-order valence-electron chi connectivity index (χ3n) is 4.84. The quantitative estimate of drug-likeness (QED) is 0.446. The standard InChI is InChI=1S/C17H22N4O9S3/c1-3-20(17(22)30-12-6-4-11(5-7-12)10-29-21(23)24)14-9-19(2)33(27,28)16-13(14)8-15(31-16)32(18,25)26/h4-8,14,23-24H,3,9-10H2,1-2H3,(H2,18,25,26)/t14-/m0/s1. The molecule has 1 aromatic carbocycles. The maximum Gasteiger partial charge on any atom is 0.415 e. The van der Waals surface area contributed by atoms with E-state index in [1.807, 2.05) is 0 Å². The van der Waals surface area contributed by atoms with Gasteiger partial charge in [-0.25, -0.2) is 31.6 Å². The molecule has 0 spiro atoms. The summed E-state index contributed by atoms with van der Waals surface area (Å²) < 4.78 is 55.0. The Bertz CT molecular complexity index is 1230. The normalized spacial score (nSPS) is 18.2. The Balaban J connectivity index is 1.87. The lowest BCUT2D eigenvalue weighted by molar-refractivity contribution is -0.497. The second-order valence-electron chi connectivity index (χ2n) is 6.98. The Morgan fingerprint density at radius 2 is 1.94 bits per heavy atom. The Kier molecular flexibility index (Phi) is 7.42. The Labute approximate surface area is 194 Å². The van der Waals surface area contributed by atoms with Crippen molar-refractivity contribution in [3.05, 3.63) is 41.5 Å². The van der Waals surface area contributed by atoms with Crippen LogP contribution in [0, 0.1) is 0 Å². The molecule has 0 radical (unpaired) electrons. The Hall–Kier alpha value is -2.15. The number of carbonyl (C=O) groups excluding carboxylic acids is 1. The smallest absolute Gasteiger partial charge is 0.410 e. The van der Waals surface area contributed by atoms with Crippen LogP contribution in [0.5, 0.6) is 5.75 Å². The molecule has 16 heteroatoms. The fraction of sp³-hybridized carbons (Fsp3) is 0.353. The van der Waals surface area contributed by atoms with E-state index in [2.05, 4.69) is 4.84 Å². The molecular formula is C17H22N4O9S3. The van der Waals surface area contributed by atoms with E-state index in [0.717, 1.165) is 4.31 Å². The van der Waals surface area contributed by atoms with Gasteiger partial charge in [0.1, 0.15) is 14.2 Å². The molecule has 1 atom stereocenters. The molecule has 0 fully saturated rings. The number of amides is 1. The largest absolute Gasteiger partial charge is 0.415 e. The molecule has 0 aliphatic carbocycles. The molecule has 33 heavy (non-hydrogen) atoms. The number of likely N-dealkylation sites (N-methyl/N-ethyl adjacent to an activating group) is 2. The summed E-state index contributed by atoms with van der Waals surface area (Å²) in [5.74, 6) is 0.180. The number of fused-ring (bicyclic) bond motifs is 1. The summed E-state index contributed by atoms with van der Waals surface area (Å²) in [6, 6.07) is 6.40. The molecule has 3 rings (SSSR count). The number of hydrogen-bond donors (Lipinski definition) is 3. The number of sulfonamides is 2. The molecule has 4 N–H and O–H groups in total. The summed E-state index contributed by atoms with van der Waals surface area (Å²) >= 11 is 0.536. The van der Waals surface area contributed by atoms with E-state index in [0.29, 0.717) is 16.9 Å². The first kappa shape index (κ1) is 25.5. The van der Waals surface area contributed by atoms with Gasteiger partial charge in [-0.3, -0.25) is 15.3 Å². The van der Waals surface area contributed by atoms with Crippen molar-refractivity contribution in [3.63, 3.8) is 0 Å². The zero-order chi connectivity index (χ0) is 24.6. The Morgan fingerprint density at radius 3 is 2.48 bits per heavy atom. The lowest BCUT2D eigenvalue weighted by Gasteiger charge is -2.36. The number of benzene rings is 1. The number of thiophene rings is 1. The van der Waals surface area contributed by atoms with Crippen LogP contribution in [0.25, 0.3) is 0 Å². The number of rotatable bonds is 7. The van der Waals surface area contributed by atoms with E-state index in [9.17, 15) is 21.6 Å². The lowest BCUT2D eigenvalue weighted by atomic mass is 10.1. The fourth-order valence-electron chi connectivity index (χ4n) is 3.21. The van der Waals surface area contributed by atoms with E-state index < -0.39 is 37.6 Å². The van der Waals surface area contributed by atoms with Gasteiger partial charge >= 0.3 is 6.09 Å². The van der Waals surface area contributed by atoms with Crippen molar-refractivity contribution in [1.82, 2.24) is 14.6 Å². The highest BCUT2D eigenvalue weighted by Gasteiger charge is 2.42. The van der Waals surface area contributed by atoms with Gasteiger partial charge in [-0.15, -0.1) is 11.3 Å². The first-order chi connectivity index (χ1) is 15.3. The van der Waals surface area contributed by atoms with Crippen molar-refractivity contribution >= 4 is 37.5 Å². The second kappa shape index (κ2) is 9.61. The molecule has 1 aliphatic heterocycles. The lowest BCUT2D eigenvalue weighted by Crippen LogP contribution is -2.46. The van der Waals surface area contributed by atoms with Gasteiger partial charge in [-0.05, 0) is 30.7 Å².